The lowest BCUT2D eigenvalue weighted by atomic mass is 10.6. The molecule has 0 amide bonds. The van der Waals surface area contributed by atoms with Crippen LogP contribution in [0.2, 0.25) is 0 Å². The first kappa shape index (κ1) is 6.91. The molecule has 0 aliphatic heterocycles. The fourth-order valence-electron chi connectivity index (χ4n) is 0.389. The molecule has 3 nitrogen and oxygen atoms in total. The first-order chi connectivity index (χ1) is 3.43. The number of nitrogens with one attached hydrogen (secondary N) is 1. The zero-order valence-corrected chi connectivity index (χ0v) is 4.59. The van der Waals surface area contributed by atoms with Crippen LogP contribution in [0, 0.1) is 0 Å². The SMILES string of the molecule is C=Cc1ncc[nH]1.N. The predicted molar refractivity (Wildman–Crippen MR) is 33.7 cm³/mol. The first-order valence-corrected chi connectivity index (χ1v) is 2.05. The zero-order valence-electron chi connectivity index (χ0n) is 4.59. The smallest absolute Gasteiger partial charge is 0.129 e. The van der Waals surface area contributed by atoms with E-state index in [-0.39, 0.29) is 6.15 Å². The van der Waals surface area contributed by atoms with E-state index in [1.165, 1.54) is 0 Å². The van der Waals surface area contributed by atoms with Gasteiger partial charge in [-0.3, -0.25) is 0 Å². The van der Waals surface area contributed by atoms with E-state index in [4.69, 9.17) is 0 Å². The number of nitrogens with zero attached hydrogens (tertiary/aromatic N) is 1. The maximum Gasteiger partial charge on any atom is 0.129 e. The van der Waals surface area contributed by atoms with Crippen molar-refractivity contribution in [1.29, 1.82) is 0 Å². The van der Waals surface area contributed by atoms with Gasteiger partial charge in [-0.25, -0.2) is 4.98 Å². The Morgan fingerprint density at radius 1 is 1.75 bits per heavy atom. The molecule has 3 heteroatoms. The van der Waals surface area contributed by atoms with Crippen molar-refractivity contribution in [3.8, 4) is 0 Å². The lowest BCUT2D eigenvalue weighted by Crippen LogP contribution is -1.67. The van der Waals surface area contributed by atoms with Crippen molar-refractivity contribution in [3.63, 3.8) is 0 Å². The third-order valence-corrected chi connectivity index (χ3v) is 0.713. The topological polar surface area (TPSA) is 63.7 Å². The third kappa shape index (κ3) is 1.20. The van der Waals surface area contributed by atoms with Crippen LogP contribution in [0.4, 0.5) is 0 Å². The lowest BCUT2D eigenvalue weighted by molar-refractivity contribution is 1.27. The second-order valence-electron chi connectivity index (χ2n) is 1.18. The Morgan fingerprint density at radius 3 is 2.75 bits per heavy atom. The average Bonchev–Trinajstić information content (AvgIpc) is 2.14. The fraction of sp³-hybridized carbons (Fsp3) is 0. The molecule has 0 saturated carbocycles. The van der Waals surface area contributed by atoms with E-state index in [2.05, 4.69) is 16.5 Å². The van der Waals surface area contributed by atoms with E-state index >= 15 is 0 Å². The van der Waals surface area contributed by atoms with Crippen LogP contribution >= 0.6 is 0 Å². The highest BCUT2D eigenvalue weighted by Gasteiger charge is 1.78. The average molecular weight is 111 g/mol. The van der Waals surface area contributed by atoms with Gasteiger partial charge in [-0.15, -0.1) is 0 Å². The molecule has 0 radical (unpaired) electrons. The van der Waals surface area contributed by atoms with Crippen LogP contribution in [0.25, 0.3) is 6.08 Å². The van der Waals surface area contributed by atoms with Crippen molar-refractivity contribution in [1.82, 2.24) is 16.1 Å². The van der Waals surface area contributed by atoms with E-state index in [9.17, 15) is 0 Å². The first-order valence-electron chi connectivity index (χ1n) is 2.05. The van der Waals surface area contributed by atoms with E-state index < -0.39 is 0 Å². The Bertz CT molecular complexity index is 143. The molecule has 0 atom stereocenters. The highest BCUT2D eigenvalue weighted by atomic mass is 14.9. The maximum absolute atomic E-state index is 3.86. The van der Waals surface area contributed by atoms with E-state index in [1.807, 2.05) is 0 Å². The molecule has 1 rings (SSSR count). The molecule has 0 bridgehead atoms. The van der Waals surface area contributed by atoms with Crippen LogP contribution in [0.3, 0.4) is 0 Å². The molecule has 0 unspecified atom stereocenters. The van der Waals surface area contributed by atoms with Crippen LogP contribution in [-0.4, -0.2) is 9.97 Å². The standard InChI is InChI=1S/C5H6N2.H3N/c1-2-5-6-3-4-7-5;/h2-4H,1H2,(H,6,7);1H3. The molecule has 4 N–H and O–H groups in total. The highest BCUT2D eigenvalue weighted by molar-refractivity contribution is 5.34. The van der Waals surface area contributed by atoms with Gasteiger partial charge in [-0.05, 0) is 6.08 Å². The van der Waals surface area contributed by atoms with Gasteiger partial charge in [0.1, 0.15) is 5.82 Å². The third-order valence-electron chi connectivity index (χ3n) is 0.713. The normalized spacial score (nSPS) is 7.50. The van der Waals surface area contributed by atoms with E-state index in [0.29, 0.717) is 0 Å². The number of hydrogen-bond donors (Lipinski definition) is 2. The summed E-state index contributed by atoms with van der Waals surface area (Å²) >= 11 is 0. The summed E-state index contributed by atoms with van der Waals surface area (Å²) in [5, 5.41) is 0. The lowest BCUT2D eigenvalue weighted by Gasteiger charge is -1.73. The van der Waals surface area contributed by atoms with Crippen LogP contribution in [0.1, 0.15) is 5.82 Å². The van der Waals surface area contributed by atoms with Crippen molar-refractivity contribution < 1.29 is 0 Å². The van der Waals surface area contributed by atoms with Crippen molar-refractivity contribution >= 4 is 6.08 Å². The molecule has 0 aliphatic carbocycles. The number of hydrogen-bond acceptors (Lipinski definition) is 2. The monoisotopic (exact) mass is 111 g/mol. The van der Waals surface area contributed by atoms with Gasteiger partial charge in [-0.2, -0.15) is 0 Å². The largest absolute Gasteiger partial charge is 0.345 e. The summed E-state index contributed by atoms with van der Waals surface area (Å²) in [6.45, 7) is 3.51. The number of aromatic amines is 1. The number of aromatic nitrogens is 2. The van der Waals surface area contributed by atoms with E-state index in [0.717, 1.165) is 5.82 Å². The molecule has 0 aromatic carbocycles. The molecule has 0 aliphatic rings. The summed E-state index contributed by atoms with van der Waals surface area (Å²) < 4.78 is 0. The van der Waals surface area contributed by atoms with Crippen molar-refractivity contribution in [3.05, 3.63) is 24.8 Å². The quantitative estimate of drug-likeness (QED) is 0.572. The summed E-state index contributed by atoms with van der Waals surface area (Å²) in [4.78, 5) is 6.72. The molecule has 1 aromatic rings. The Balaban J connectivity index is 0.000000490. The number of imidazole rings is 1. The Morgan fingerprint density at radius 2 is 2.50 bits per heavy atom. The Hall–Kier alpha value is -1.09. The van der Waals surface area contributed by atoms with Gasteiger partial charge in [-0.1, -0.05) is 6.58 Å². The highest BCUT2D eigenvalue weighted by Crippen LogP contribution is 1.85. The minimum Gasteiger partial charge on any atom is -0.345 e. The van der Waals surface area contributed by atoms with Gasteiger partial charge >= 0.3 is 0 Å². The van der Waals surface area contributed by atoms with Crippen molar-refractivity contribution in [2.24, 2.45) is 0 Å². The summed E-state index contributed by atoms with van der Waals surface area (Å²) in [6, 6.07) is 0. The summed E-state index contributed by atoms with van der Waals surface area (Å²) in [5.41, 5.74) is 0. The molecule has 0 saturated heterocycles. The van der Waals surface area contributed by atoms with Crippen LogP contribution in [-0.2, 0) is 0 Å². The van der Waals surface area contributed by atoms with Gasteiger partial charge in [0, 0.05) is 12.4 Å². The van der Waals surface area contributed by atoms with Gasteiger partial charge in [0.05, 0.1) is 0 Å². The predicted octanol–water partition coefficient (Wildman–Crippen LogP) is 1.21. The molecular formula is C5H9N3. The second kappa shape index (κ2) is 2.98. The van der Waals surface area contributed by atoms with Gasteiger partial charge < -0.3 is 11.1 Å². The van der Waals surface area contributed by atoms with Gasteiger partial charge in [0.15, 0.2) is 0 Å². The fourth-order valence-corrected chi connectivity index (χ4v) is 0.389. The summed E-state index contributed by atoms with van der Waals surface area (Å²) in [5.74, 6) is 0.819. The Kier molecular flexibility index (Phi) is 2.58. The minimum absolute atomic E-state index is 0. The van der Waals surface area contributed by atoms with E-state index in [1.54, 1.807) is 18.5 Å². The van der Waals surface area contributed by atoms with Crippen LogP contribution in [0.15, 0.2) is 19.0 Å². The Labute approximate surface area is 48.0 Å². The number of rotatable bonds is 1. The molecule has 44 valence electrons. The van der Waals surface area contributed by atoms with Crippen LogP contribution in [0.5, 0.6) is 0 Å². The molecule has 0 spiro atoms. The minimum atomic E-state index is 0. The van der Waals surface area contributed by atoms with Gasteiger partial charge in [0.25, 0.3) is 0 Å². The van der Waals surface area contributed by atoms with Gasteiger partial charge in [0.2, 0.25) is 0 Å². The maximum atomic E-state index is 3.86. The summed E-state index contributed by atoms with van der Waals surface area (Å²) in [6.07, 6.45) is 5.12. The second-order valence-corrected chi connectivity index (χ2v) is 1.18. The molecule has 1 aromatic heterocycles. The zero-order chi connectivity index (χ0) is 5.11. The molecule has 0 fully saturated rings. The van der Waals surface area contributed by atoms with Crippen molar-refractivity contribution in [2.75, 3.05) is 0 Å². The number of H-pyrrole nitrogens is 1. The summed E-state index contributed by atoms with van der Waals surface area (Å²) in [7, 11) is 0. The molecule has 8 heavy (non-hydrogen) atoms. The van der Waals surface area contributed by atoms with Crippen LogP contribution < -0.4 is 6.15 Å². The molecule has 1 heterocycles. The molecular weight excluding hydrogens is 102 g/mol. The van der Waals surface area contributed by atoms with Crippen molar-refractivity contribution in [2.45, 2.75) is 0 Å².